The van der Waals surface area contributed by atoms with Gasteiger partial charge in [0.1, 0.15) is 0 Å². The number of carboxylic acid groups (broad SMARTS) is 1. The summed E-state index contributed by atoms with van der Waals surface area (Å²) in [7, 11) is -3.76. The van der Waals surface area contributed by atoms with Crippen LogP contribution in [-0.4, -0.2) is 19.5 Å². The van der Waals surface area contributed by atoms with Crippen LogP contribution in [0, 0.1) is 6.92 Å². The molecule has 112 valence electrons. The van der Waals surface area contributed by atoms with Crippen molar-refractivity contribution in [3.63, 3.8) is 0 Å². The summed E-state index contributed by atoms with van der Waals surface area (Å²) in [6.07, 6.45) is 0. The van der Waals surface area contributed by atoms with Crippen LogP contribution in [0.25, 0.3) is 0 Å². The first-order valence-corrected chi connectivity index (χ1v) is 9.02. The smallest absolute Gasteiger partial charge is 0.335 e. The van der Waals surface area contributed by atoms with Gasteiger partial charge in [0.05, 0.1) is 10.5 Å². The van der Waals surface area contributed by atoms with Crippen LogP contribution < -0.4 is 4.72 Å². The fraction of sp³-hybridized carbons (Fsp3) is 0.154. The predicted molar refractivity (Wildman–Crippen MR) is 84.2 cm³/mol. The molecule has 2 N–H and O–H groups in total. The van der Waals surface area contributed by atoms with Gasteiger partial charge in [-0.1, -0.05) is 6.07 Å². The third kappa shape index (κ3) is 3.91. The largest absolute Gasteiger partial charge is 0.478 e. The van der Waals surface area contributed by atoms with E-state index in [0.717, 1.165) is 9.35 Å². The standard InChI is InChI=1S/C13H12BrNO4S2/c1-8-2-3-9(13(16)17)4-12(8)21(18,19)15-6-11-5-10(14)7-20-11/h2-5,7,15H,6H2,1H3,(H,16,17). The van der Waals surface area contributed by atoms with Crippen molar-refractivity contribution in [3.05, 3.63) is 50.1 Å². The molecule has 0 saturated carbocycles. The minimum absolute atomic E-state index is 0.0157. The molecule has 0 aliphatic heterocycles. The number of aryl methyl sites for hydroxylation is 1. The van der Waals surface area contributed by atoms with Crippen molar-refractivity contribution in [3.8, 4) is 0 Å². The number of hydrogen-bond donors (Lipinski definition) is 2. The summed E-state index contributed by atoms with van der Waals surface area (Å²) in [5, 5.41) is 10.8. The number of carboxylic acids is 1. The van der Waals surface area contributed by atoms with Gasteiger partial charge in [-0.2, -0.15) is 0 Å². The predicted octanol–water partition coefficient (Wildman–Crippen LogP) is 3.00. The highest BCUT2D eigenvalue weighted by Crippen LogP contribution is 2.21. The second kappa shape index (κ2) is 6.27. The van der Waals surface area contributed by atoms with E-state index in [1.165, 1.54) is 29.5 Å². The number of carbonyl (C=O) groups is 1. The Morgan fingerprint density at radius 2 is 2.10 bits per heavy atom. The van der Waals surface area contributed by atoms with E-state index in [1.807, 2.05) is 11.4 Å². The summed E-state index contributed by atoms with van der Waals surface area (Å²) >= 11 is 4.73. The number of thiophene rings is 1. The van der Waals surface area contributed by atoms with Gasteiger partial charge in [-0.25, -0.2) is 17.9 Å². The average Bonchev–Trinajstić information content (AvgIpc) is 2.82. The lowest BCUT2D eigenvalue weighted by molar-refractivity contribution is 0.0696. The van der Waals surface area contributed by atoms with Gasteiger partial charge in [0.15, 0.2) is 0 Å². The molecule has 0 bridgehead atoms. The lowest BCUT2D eigenvalue weighted by atomic mass is 10.1. The van der Waals surface area contributed by atoms with Gasteiger partial charge >= 0.3 is 5.97 Å². The van der Waals surface area contributed by atoms with Gasteiger partial charge < -0.3 is 5.11 Å². The SMILES string of the molecule is Cc1ccc(C(=O)O)cc1S(=O)(=O)NCc1cc(Br)cs1. The van der Waals surface area contributed by atoms with Crippen molar-refractivity contribution in [1.29, 1.82) is 0 Å². The average molecular weight is 390 g/mol. The molecule has 0 atom stereocenters. The first-order chi connectivity index (χ1) is 9.79. The molecule has 2 rings (SSSR count). The van der Waals surface area contributed by atoms with Crippen molar-refractivity contribution in [1.82, 2.24) is 4.72 Å². The van der Waals surface area contributed by atoms with Crippen LogP contribution >= 0.6 is 27.3 Å². The molecule has 0 radical (unpaired) electrons. The summed E-state index contributed by atoms with van der Waals surface area (Å²) in [4.78, 5) is 11.8. The van der Waals surface area contributed by atoms with E-state index >= 15 is 0 Å². The number of rotatable bonds is 5. The Balaban J connectivity index is 2.26. The Labute approximate surface area is 134 Å². The van der Waals surface area contributed by atoms with E-state index < -0.39 is 16.0 Å². The van der Waals surface area contributed by atoms with Gasteiger partial charge in [-0.3, -0.25) is 0 Å². The molecule has 1 heterocycles. The maximum Gasteiger partial charge on any atom is 0.335 e. The van der Waals surface area contributed by atoms with Gasteiger partial charge in [0.25, 0.3) is 0 Å². The number of nitrogens with one attached hydrogen (secondary N) is 1. The molecule has 21 heavy (non-hydrogen) atoms. The molecule has 5 nitrogen and oxygen atoms in total. The molecule has 8 heteroatoms. The highest BCUT2D eigenvalue weighted by Gasteiger charge is 2.19. The van der Waals surface area contributed by atoms with Gasteiger partial charge in [0, 0.05) is 21.3 Å². The molecule has 0 spiro atoms. The Hall–Kier alpha value is -1.22. The Morgan fingerprint density at radius 3 is 2.67 bits per heavy atom. The van der Waals surface area contributed by atoms with E-state index in [2.05, 4.69) is 20.7 Å². The third-order valence-electron chi connectivity index (χ3n) is 2.78. The topological polar surface area (TPSA) is 83.5 Å². The zero-order chi connectivity index (χ0) is 15.6. The summed E-state index contributed by atoms with van der Waals surface area (Å²) in [5.74, 6) is -1.16. The fourth-order valence-electron chi connectivity index (χ4n) is 1.71. The van der Waals surface area contributed by atoms with Crippen molar-refractivity contribution in [2.24, 2.45) is 0 Å². The first kappa shape index (κ1) is 16.2. The van der Waals surface area contributed by atoms with Crippen LogP contribution in [0.4, 0.5) is 0 Å². The lowest BCUT2D eigenvalue weighted by Crippen LogP contribution is -2.24. The lowest BCUT2D eigenvalue weighted by Gasteiger charge is -2.09. The normalized spacial score (nSPS) is 11.5. The monoisotopic (exact) mass is 389 g/mol. The van der Waals surface area contributed by atoms with Crippen LogP contribution in [0.3, 0.4) is 0 Å². The molecule has 0 unspecified atom stereocenters. The molecule has 0 aliphatic carbocycles. The summed E-state index contributed by atoms with van der Waals surface area (Å²) in [6, 6.07) is 5.87. The number of aromatic carboxylic acids is 1. The maximum atomic E-state index is 12.3. The number of sulfonamides is 1. The van der Waals surface area contributed by atoms with E-state index in [-0.39, 0.29) is 17.0 Å². The minimum Gasteiger partial charge on any atom is -0.478 e. The van der Waals surface area contributed by atoms with E-state index in [0.29, 0.717) is 5.56 Å². The summed E-state index contributed by atoms with van der Waals surface area (Å²) in [6.45, 7) is 1.79. The Morgan fingerprint density at radius 1 is 1.38 bits per heavy atom. The zero-order valence-corrected chi connectivity index (χ0v) is 14.2. The van der Waals surface area contributed by atoms with Crippen LogP contribution in [0.2, 0.25) is 0 Å². The highest BCUT2D eigenvalue weighted by atomic mass is 79.9. The molecule has 1 aromatic heterocycles. The molecule has 1 aromatic carbocycles. The number of benzene rings is 1. The van der Waals surface area contributed by atoms with Gasteiger partial charge in [-0.15, -0.1) is 11.3 Å². The molecule has 0 saturated heterocycles. The van der Waals surface area contributed by atoms with Crippen LogP contribution in [0.1, 0.15) is 20.8 Å². The second-order valence-corrected chi connectivity index (χ2v) is 7.99. The maximum absolute atomic E-state index is 12.3. The van der Waals surface area contributed by atoms with Crippen molar-refractivity contribution in [2.75, 3.05) is 0 Å². The molecule has 2 aromatic rings. The molecule has 0 fully saturated rings. The van der Waals surface area contributed by atoms with Crippen LogP contribution in [0.5, 0.6) is 0 Å². The highest BCUT2D eigenvalue weighted by molar-refractivity contribution is 9.10. The fourth-order valence-corrected chi connectivity index (χ4v) is 4.47. The van der Waals surface area contributed by atoms with Crippen molar-refractivity contribution in [2.45, 2.75) is 18.4 Å². The Bertz CT molecular complexity index is 783. The minimum atomic E-state index is -3.76. The second-order valence-electron chi connectivity index (χ2n) is 4.34. The third-order valence-corrected chi connectivity index (χ3v) is 6.02. The first-order valence-electron chi connectivity index (χ1n) is 5.86. The van der Waals surface area contributed by atoms with E-state index in [9.17, 15) is 13.2 Å². The number of hydrogen-bond acceptors (Lipinski definition) is 4. The van der Waals surface area contributed by atoms with Crippen LogP contribution in [0.15, 0.2) is 39.0 Å². The molecular formula is C13H12BrNO4S2. The Kier molecular flexibility index (Phi) is 4.82. The molecule has 0 amide bonds. The summed E-state index contributed by atoms with van der Waals surface area (Å²) in [5.41, 5.74) is 0.444. The van der Waals surface area contributed by atoms with Crippen molar-refractivity contribution >= 4 is 43.3 Å². The van der Waals surface area contributed by atoms with Crippen molar-refractivity contribution < 1.29 is 18.3 Å². The molecular weight excluding hydrogens is 378 g/mol. The number of halogens is 1. The van der Waals surface area contributed by atoms with Gasteiger partial charge in [0.2, 0.25) is 10.0 Å². The quantitative estimate of drug-likeness (QED) is 0.822. The van der Waals surface area contributed by atoms with E-state index in [4.69, 9.17) is 5.11 Å². The van der Waals surface area contributed by atoms with Crippen LogP contribution in [-0.2, 0) is 16.6 Å². The zero-order valence-electron chi connectivity index (χ0n) is 11.0. The summed E-state index contributed by atoms with van der Waals surface area (Å²) < 4.78 is 28.0. The van der Waals surface area contributed by atoms with E-state index in [1.54, 1.807) is 6.92 Å². The van der Waals surface area contributed by atoms with Gasteiger partial charge in [-0.05, 0) is 46.6 Å². The molecule has 0 aliphatic rings.